The van der Waals surface area contributed by atoms with E-state index in [4.69, 9.17) is 4.74 Å². The second-order valence-electron chi connectivity index (χ2n) is 7.02. The predicted molar refractivity (Wildman–Crippen MR) is 82.9 cm³/mol. The summed E-state index contributed by atoms with van der Waals surface area (Å²) in [5.74, 6) is 0.293. The number of carbonyl (C=O) groups excluding carboxylic acids is 1. The Bertz CT molecular complexity index is 571. The Labute approximate surface area is 130 Å². The largest absolute Gasteiger partial charge is 0.508 e. The number of hydrogen-bond donors (Lipinski definition) is 1. The summed E-state index contributed by atoms with van der Waals surface area (Å²) in [4.78, 5) is 16.7. The molecule has 5 rings (SSSR count). The number of hydrogen-bond acceptors (Lipinski definition) is 5. The molecule has 0 unspecified atom stereocenters. The van der Waals surface area contributed by atoms with Gasteiger partial charge in [0.15, 0.2) is 0 Å². The molecule has 1 aliphatic heterocycles. The normalized spacial score (nSPS) is 33.8. The molecule has 1 aromatic rings. The average Bonchev–Trinajstić information content (AvgIpc) is 2.46. The van der Waals surface area contributed by atoms with Crippen molar-refractivity contribution in [2.75, 3.05) is 38.2 Å². The average molecular weight is 302 g/mol. The van der Waals surface area contributed by atoms with Crippen LogP contribution >= 0.6 is 0 Å². The minimum atomic E-state index is -0.150. The van der Waals surface area contributed by atoms with Gasteiger partial charge in [-0.15, -0.1) is 0 Å². The van der Waals surface area contributed by atoms with E-state index < -0.39 is 0 Å². The molecule has 3 aliphatic carbocycles. The van der Waals surface area contributed by atoms with E-state index in [-0.39, 0.29) is 16.9 Å². The van der Waals surface area contributed by atoms with E-state index in [0.717, 1.165) is 45.4 Å². The van der Waals surface area contributed by atoms with Crippen molar-refractivity contribution < 1.29 is 14.6 Å². The van der Waals surface area contributed by atoms with E-state index in [1.165, 1.54) is 12.8 Å². The molecular formula is C17H22N2O3. The van der Waals surface area contributed by atoms with Crippen LogP contribution in [0.15, 0.2) is 24.3 Å². The van der Waals surface area contributed by atoms with Crippen molar-refractivity contribution in [2.24, 2.45) is 5.41 Å². The van der Waals surface area contributed by atoms with Crippen LogP contribution in [0.5, 0.6) is 5.75 Å². The number of phenols is 1. The fourth-order valence-corrected chi connectivity index (χ4v) is 4.61. The Balaban J connectivity index is 1.34. The summed E-state index contributed by atoms with van der Waals surface area (Å²) in [7, 11) is 1.49. The number of esters is 1. The van der Waals surface area contributed by atoms with Gasteiger partial charge in [-0.1, -0.05) is 0 Å². The van der Waals surface area contributed by atoms with Crippen molar-refractivity contribution in [3.63, 3.8) is 0 Å². The number of benzene rings is 1. The van der Waals surface area contributed by atoms with Gasteiger partial charge in [0.1, 0.15) is 5.75 Å². The number of aromatic hydroxyl groups is 1. The van der Waals surface area contributed by atoms with Gasteiger partial charge in [-0.25, -0.2) is 0 Å². The van der Waals surface area contributed by atoms with Crippen LogP contribution in [0.1, 0.15) is 19.3 Å². The highest BCUT2D eigenvalue weighted by atomic mass is 16.5. The molecule has 1 N–H and O–H groups in total. The highest BCUT2D eigenvalue weighted by Crippen LogP contribution is 2.70. The second kappa shape index (κ2) is 4.62. The van der Waals surface area contributed by atoms with Crippen LogP contribution in [0, 0.1) is 5.41 Å². The smallest absolute Gasteiger partial charge is 0.312 e. The lowest BCUT2D eigenvalue weighted by atomic mass is 9.38. The monoisotopic (exact) mass is 302 g/mol. The van der Waals surface area contributed by atoms with Crippen molar-refractivity contribution in [1.82, 2.24) is 4.90 Å². The molecule has 0 radical (unpaired) electrons. The van der Waals surface area contributed by atoms with Gasteiger partial charge in [-0.05, 0) is 43.5 Å². The molecule has 5 heteroatoms. The van der Waals surface area contributed by atoms with E-state index >= 15 is 0 Å². The van der Waals surface area contributed by atoms with E-state index in [0.29, 0.717) is 5.75 Å². The third kappa shape index (κ3) is 1.85. The summed E-state index contributed by atoms with van der Waals surface area (Å²) in [6, 6.07) is 7.42. The molecule has 5 nitrogen and oxygen atoms in total. The fraction of sp³-hybridized carbons (Fsp3) is 0.588. The topological polar surface area (TPSA) is 53.0 Å². The molecule has 0 aromatic heterocycles. The third-order valence-corrected chi connectivity index (χ3v) is 5.79. The number of carbonyl (C=O) groups is 1. The second-order valence-corrected chi connectivity index (χ2v) is 7.02. The zero-order valence-corrected chi connectivity index (χ0v) is 12.9. The highest BCUT2D eigenvalue weighted by molar-refractivity contribution is 5.82. The van der Waals surface area contributed by atoms with Crippen LogP contribution in [-0.2, 0) is 9.53 Å². The lowest BCUT2D eigenvalue weighted by Gasteiger charge is -2.72. The van der Waals surface area contributed by atoms with Crippen LogP contribution in [0.2, 0.25) is 0 Å². The molecule has 2 bridgehead atoms. The zero-order valence-electron chi connectivity index (χ0n) is 12.9. The molecule has 0 amide bonds. The Hall–Kier alpha value is -1.75. The summed E-state index contributed by atoms with van der Waals surface area (Å²) in [5.41, 5.74) is 1.29. The quantitative estimate of drug-likeness (QED) is 0.860. The molecule has 0 atom stereocenters. The summed E-state index contributed by atoms with van der Waals surface area (Å²) < 4.78 is 4.93. The van der Waals surface area contributed by atoms with Crippen molar-refractivity contribution in [3.8, 4) is 5.75 Å². The Morgan fingerprint density at radius 1 is 1.09 bits per heavy atom. The molecule has 1 aromatic carbocycles. The summed E-state index contributed by atoms with van der Waals surface area (Å²) in [6.45, 7) is 4.08. The Morgan fingerprint density at radius 2 is 1.68 bits per heavy atom. The first kappa shape index (κ1) is 13.9. The number of ether oxygens (including phenoxy) is 1. The van der Waals surface area contributed by atoms with Gasteiger partial charge in [-0.3, -0.25) is 9.69 Å². The lowest BCUT2D eigenvalue weighted by Crippen LogP contribution is -2.78. The van der Waals surface area contributed by atoms with Crippen molar-refractivity contribution >= 4 is 11.7 Å². The third-order valence-electron chi connectivity index (χ3n) is 5.79. The number of nitrogens with zero attached hydrogens (tertiary/aromatic N) is 2. The molecule has 0 spiro atoms. The molecule has 4 fully saturated rings. The molecule has 118 valence electrons. The van der Waals surface area contributed by atoms with Gasteiger partial charge in [0.25, 0.3) is 0 Å². The number of methoxy groups -OCH3 is 1. The van der Waals surface area contributed by atoms with Crippen LogP contribution in [0.25, 0.3) is 0 Å². The zero-order chi connectivity index (χ0) is 15.4. The molecule has 1 heterocycles. The van der Waals surface area contributed by atoms with Gasteiger partial charge < -0.3 is 14.7 Å². The van der Waals surface area contributed by atoms with Crippen LogP contribution in [0.3, 0.4) is 0 Å². The summed E-state index contributed by atoms with van der Waals surface area (Å²) in [6.07, 6.45) is 2.93. The van der Waals surface area contributed by atoms with E-state index in [2.05, 4.69) is 9.80 Å². The Kier molecular flexibility index (Phi) is 2.92. The summed E-state index contributed by atoms with van der Waals surface area (Å²) in [5, 5.41) is 9.37. The highest BCUT2D eigenvalue weighted by Gasteiger charge is 2.74. The minimum absolute atomic E-state index is 0.0166. The van der Waals surface area contributed by atoms with Crippen LogP contribution in [0.4, 0.5) is 5.69 Å². The molecule has 22 heavy (non-hydrogen) atoms. The first-order chi connectivity index (χ1) is 10.6. The first-order valence-corrected chi connectivity index (χ1v) is 7.94. The van der Waals surface area contributed by atoms with Crippen molar-refractivity contribution in [3.05, 3.63) is 24.3 Å². The molecule has 4 aliphatic rings. The number of phenolic OH excluding ortho intramolecular Hbond substituents is 1. The van der Waals surface area contributed by atoms with Gasteiger partial charge in [0, 0.05) is 37.4 Å². The maximum Gasteiger partial charge on any atom is 0.312 e. The first-order valence-electron chi connectivity index (χ1n) is 7.94. The van der Waals surface area contributed by atoms with E-state index in [1.54, 1.807) is 12.1 Å². The Morgan fingerprint density at radius 3 is 2.23 bits per heavy atom. The lowest BCUT2D eigenvalue weighted by molar-refractivity contribution is -0.234. The van der Waals surface area contributed by atoms with Crippen molar-refractivity contribution in [1.29, 1.82) is 0 Å². The molecule has 1 saturated heterocycles. The van der Waals surface area contributed by atoms with Crippen molar-refractivity contribution in [2.45, 2.75) is 24.8 Å². The van der Waals surface area contributed by atoms with E-state index in [1.807, 2.05) is 12.1 Å². The summed E-state index contributed by atoms with van der Waals surface area (Å²) >= 11 is 0. The maximum absolute atomic E-state index is 11.8. The number of anilines is 1. The molecular weight excluding hydrogens is 280 g/mol. The van der Waals surface area contributed by atoms with Crippen LogP contribution in [-0.4, -0.2) is 54.8 Å². The maximum atomic E-state index is 11.8. The SMILES string of the molecule is COC(=O)C12CC(N3CCN(c4ccc(O)cc4)CC3)(C1)C2. The van der Waals surface area contributed by atoms with Crippen LogP contribution < -0.4 is 4.90 Å². The number of piperazine rings is 1. The molecule has 3 saturated carbocycles. The fourth-order valence-electron chi connectivity index (χ4n) is 4.61. The van der Waals surface area contributed by atoms with Gasteiger partial charge in [0.05, 0.1) is 12.5 Å². The predicted octanol–water partition coefficient (Wildman–Crippen LogP) is 1.61. The number of rotatable bonds is 3. The minimum Gasteiger partial charge on any atom is -0.508 e. The van der Waals surface area contributed by atoms with Gasteiger partial charge >= 0.3 is 5.97 Å². The van der Waals surface area contributed by atoms with Gasteiger partial charge in [-0.2, -0.15) is 0 Å². The van der Waals surface area contributed by atoms with Gasteiger partial charge in [0.2, 0.25) is 0 Å². The van der Waals surface area contributed by atoms with E-state index in [9.17, 15) is 9.90 Å². The standard InChI is InChI=1S/C17H22N2O3/c1-22-15(21)16-10-17(11-16,12-16)19-8-6-18(7-9-19)13-2-4-14(20)5-3-13/h2-5,20H,6-12H2,1H3.